The van der Waals surface area contributed by atoms with Crippen molar-refractivity contribution in [1.82, 2.24) is 0 Å². The van der Waals surface area contributed by atoms with E-state index in [0.29, 0.717) is 0 Å². The molecule has 3 rings (SSSR count). The van der Waals surface area contributed by atoms with Crippen molar-refractivity contribution < 1.29 is 19.1 Å². The molecule has 0 aromatic heterocycles. The summed E-state index contributed by atoms with van der Waals surface area (Å²) in [5.41, 5.74) is 19.8. The maximum atomic E-state index is 11.7. The quantitative estimate of drug-likeness (QED) is 0.0376. The number of nitrogens with zero attached hydrogens (tertiary/aromatic N) is 2. The van der Waals surface area contributed by atoms with E-state index in [1.807, 2.05) is 14.4 Å². The van der Waals surface area contributed by atoms with Crippen molar-refractivity contribution in [3.8, 4) is 11.8 Å². The van der Waals surface area contributed by atoms with Crippen LogP contribution in [0.25, 0.3) is 16.9 Å². The minimum absolute atomic E-state index is 0.899. The number of benzene rings is 2. The topological polar surface area (TPSA) is 25.3 Å². The Balaban J connectivity index is 0.000000916. The van der Waals surface area contributed by atoms with Gasteiger partial charge in [0.05, 0.1) is 0 Å². The van der Waals surface area contributed by atoms with Crippen LogP contribution >= 0.6 is 0 Å². The van der Waals surface area contributed by atoms with E-state index in [9.17, 15) is 5.53 Å². The summed E-state index contributed by atoms with van der Waals surface area (Å²) in [6.45, 7) is 11.3. The van der Waals surface area contributed by atoms with E-state index in [4.69, 9.17) is 0 Å². The fraction of sp³-hybridized carbons (Fsp3) is 0.633. The summed E-state index contributed by atoms with van der Waals surface area (Å²) >= 11 is 1.94. The molecule has 0 radical (unpaired) electrons. The van der Waals surface area contributed by atoms with Crippen LogP contribution in [0.1, 0.15) is 198 Å². The number of hydrogen-bond acceptors (Lipinski definition) is 0. The number of unbranched alkanes of at least 4 members (excludes halogenated alkanes) is 15. The molecule has 1 heterocycles. The Hall–Kier alpha value is -2.43. The van der Waals surface area contributed by atoms with Crippen LogP contribution in [0, 0.1) is 11.8 Å². The van der Waals surface area contributed by atoms with Crippen molar-refractivity contribution in [2.45, 2.75) is 200 Å². The van der Waals surface area contributed by atoms with Crippen LogP contribution in [-0.2, 0) is 27.3 Å². The number of hydrogen-bond donors (Lipinski definition) is 0. The molecule has 1 aliphatic rings. The summed E-state index contributed by atoms with van der Waals surface area (Å²) in [7, 11) is 0. The Morgan fingerprint density at radius 2 is 1.08 bits per heavy atom. The van der Waals surface area contributed by atoms with Crippen molar-refractivity contribution >= 4 is 11.4 Å². The second-order valence-corrected chi connectivity index (χ2v) is 16.1. The molecule has 0 N–H and O–H groups in total. The second kappa shape index (κ2) is 31.0. The van der Waals surface area contributed by atoms with E-state index in [0.717, 1.165) is 67.5 Å². The third-order valence-electron chi connectivity index (χ3n) is 9.88. The van der Waals surface area contributed by atoms with Crippen molar-refractivity contribution in [3.05, 3.63) is 88.0 Å². The normalized spacial score (nSPS) is 12.5. The first kappa shape index (κ1) is 45.7. The molecule has 0 spiro atoms. The predicted octanol–water partition coefficient (Wildman–Crippen LogP) is 16.2. The summed E-state index contributed by atoms with van der Waals surface area (Å²) in [4.78, 5) is 0. The summed E-state index contributed by atoms with van der Waals surface area (Å²) < 4.78 is 1.48. The van der Waals surface area contributed by atoms with Crippen LogP contribution < -0.4 is 0 Å². The van der Waals surface area contributed by atoms with Crippen molar-refractivity contribution in [1.29, 1.82) is 0 Å². The summed E-state index contributed by atoms with van der Waals surface area (Å²) in [5, 5.41) is 2.78. The molecule has 52 heavy (non-hydrogen) atoms. The van der Waals surface area contributed by atoms with Crippen LogP contribution in [-0.4, -0.2) is 4.70 Å². The van der Waals surface area contributed by atoms with Gasteiger partial charge in [-0.2, -0.15) is 0 Å². The zero-order valence-electron chi connectivity index (χ0n) is 34.3. The minimum atomic E-state index is 0.899. The standard InChI is InChI=1S/C41H58N2.2C4H9.Ni/c1-4-7-10-12-14-15-16-17-19-21-26-36-27-23-24-29-39(36)41-38(28-22-18-13-11-8-5-2)34-40(43(41)42)37-32-30-35(31-33-37)25-20-9-6-3;2*1-3-4-2;/h23-24,27,29-34H,4-15,18-22,25-26,28H2,1-3H3;2*1,3-4H2,2H3;. The van der Waals surface area contributed by atoms with E-state index in [2.05, 4.69) is 101 Å². The third kappa shape index (κ3) is 19.1. The fourth-order valence-corrected chi connectivity index (χ4v) is 7.98. The van der Waals surface area contributed by atoms with Gasteiger partial charge in [0, 0.05) is 35.6 Å². The van der Waals surface area contributed by atoms with Gasteiger partial charge in [-0.15, -0.1) is 11.8 Å². The van der Waals surface area contributed by atoms with Gasteiger partial charge in [0.1, 0.15) is 0 Å². The van der Waals surface area contributed by atoms with Crippen molar-refractivity contribution in [2.24, 2.45) is 0 Å². The van der Waals surface area contributed by atoms with Gasteiger partial charge < -0.3 is 5.53 Å². The van der Waals surface area contributed by atoms with E-state index in [1.54, 1.807) is 0 Å². The zero-order valence-corrected chi connectivity index (χ0v) is 35.3. The molecule has 0 atom stereocenters. The monoisotopic (exact) mass is 751 g/mol. The summed E-state index contributed by atoms with van der Waals surface area (Å²) in [6.07, 6.45) is 31.8. The molecular formula is C49H76N2Ni. The molecule has 3 heteroatoms. The van der Waals surface area contributed by atoms with Gasteiger partial charge in [-0.1, -0.05) is 122 Å². The summed E-state index contributed by atoms with van der Waals surface area (Å²) in [5.74, 6) is 6.82. The van der Waals surface area contributed by atoms with Gasteiger partial charge in [-0.25, -0.2) is 4.70 Å². The Morgan fingerprint density at radius 1 is 0.538 bits per heavy atom. The first-order valence-electron chi connectivity index (χ1n) is 21.6. The Kier molecular flexibility index (Phi) is 27.2. The van der Waals surface area contributed by atoms with E-state index in [-0.39, 0.29) is 0 Å². The molecule has 0 saturated heterocycles. The van der Waals surface area contributed by atoms with E-state index < -0.39 is 0 Å². The average molecular weight is 752 g/mol. The van der Waals surface area contributed by atoms with Crippen LogP contribution in [0.5, 0.6) is 0 Å². The number of aryl methyl sites for hydroxylation is 2. The maximum absolute atomic E-state index is 11.7. The molecular weight excluding hydrogens is 675 g/mol. The molecule has 0 fully saturated rings. The Morgan fingerprint density at radius 3 is 1.73 bits per heavy atom. The van der Waals surface area contributed by atoms with Crippen LogP contribution in [0.15, 0.2) is 60.2 Å². The van der Waals surface area contributed by atoms with Crippen LogP contribution in [0.2, 0.25) is 10.8 Å². The molecule has 2 nitrogen and oxygen atoms in total. The second-order valence-electron chi connectivity index (χ2n) is 14.6. The number of allylic oxidation sites excluding steroid dienone is 2. The predicted molar refractivity (Wildman–Crippen MR) is 226 cm³/mol. The van der Waals surface area contributed by atoms with Crippen molar-refractivity contribution in [3.63, 3.8) is 0 Å². The van der Waals surface area contributed by atoms with Gasteiger partial charge in [0.15, 0.2) is 0 Å². The molecule has 0 bridgehead atoms. The molecule has 292 valence electrons. The molecule has 2 aromatic carbocycles. The van der Waals surface area contributed by atoms with Gasteiger partial charge >= 0.3 is 64.8 Å². The molecule has 2 aromatic rings. The fourth-order valence-electron chi connectivity index (χ4n) is 6.54. The first-order chi connectivity index (χ1) is 25.6. The van der Waals surface area contributed by atoms with E-state index in [1.165, 1.54) is 141 Å². The van der Waals surface area contributed by atoms with Gasteiger partial charge in [-0.3, -0.25) is 0 Å². The summed E-state index contributed by atoms with van der Waals surface area (Å²) in [6, 6.07) is 17.6. The Labute approximate surface area is 328 Å². The number of rotatable bonds is 27. The van der Waals surface area contributed by atoms with Crippen LogP contribution in [0.4, 0.5) is 0 Å². The van der Waals surface area contributed by atoms with Gasteiger partial charge in [0.25, 0.3) is 0 Å². The van der Waals surface area contributed by atoms with Gasteiger partial charge in [0.2, 0.25) is 11.4 Å². The molecule has 0 aliphatic carbocycles. The zero-order chi connectivity index (χ0) is 37.5. The molecule has 0 unspecified atom stereocenters. The van der Waals surface area contributed by atoms with Crippen molar-refractivity contribution in [2.75, 3.05) is 0 Å². The third-order valence-corrected chi connectivity index (χ3v) is 11.3. The van der Waals surface area contributed by atoms with Gasteiger partial charge in [-0.05, 0) is 74.3 Å². The Bertz CT molecular complexity index is 1330. The molecule has 0 amide bonds. The molecule has 1 aliphatic heterocycles. The van der Waals surface area contributed by atoms with E-state index >= 15 is 0 Å². The first-order valence-corrected chi connectivity index (χ1v) is 23.0. The molecule has 0 saturated carbocycles. The SMILES string of the molecule is CCCCCCCC#CCCCc1ccccc1C1=C(CCCCCCCC)C=C(c2ccc(CCCCC)cc2)[N+]1=[N-].CCC[CH2][Ni][CH2]CCC. The average Bonchev–Trinajstić information content (AvgIpc) is 3.49. The van der Waals surface area contributed by atoms with Crippen LogP contribution in [0.3, 0.4) is 0 Å².